The zero-order valence-electron chi connectivity index (χ0n) is 11.3. The largest absolute Gasteiger partial charge is 0.352 e. The predicted molar refractivity (Wildman–Crippen MR) is 69.9 cm³/mol. The molecular formula is C14H22FNO2. The topological polar surface area (TPSA) is 30.5 Å². The molecule has 0 aliphatic rings. The lowest BCUT2D eigenvalue weighted by Crippen LogP contribution is -2.33. The molecule has 0 amide bonds. The van der Waals surface area contributed by atoms with E-state index in [1.54, 1.807) is 12.1 Å². The summed E-state index contributed by atoms with van der Waals surface area (Å²) in [4.78, 5) is 0. The van der Waals surface area contributed by atoms with Gasteiger partial charge in [-0.2, -0.15) is 0 Å². The zero-order valence-corrected chi connectivity index (χ0v) is 11.3. The van der Waals surface area contributed by atoms with Gasteiger partial charge in [0, 0.05) is 31.4 Å². The Kier molecular flexibility index (Phi) is 6.86. The first kappa shape index (κ1) is 15.1. The second-order valence-corrected chi connectivity index (χ2v) is 3.99. The van der Waals surface area contributed by atoms with E-state index in [-0.39, 0.29) is 18.1 Å². The Morgan fingerprint density at radius 1 is 1.17 bits per heavy atom. The van der Waals surface area contributed by atoms with Gasteiger partial charge in [0.05, 0.1) is 0 Å². The van der Waals surface area contributed by atoms with Crippen molar-refractivity contribution in [2.75, 3.05) is 19.8 Å². The van der Waals surface area contributed by atoms with Crippen molar-refractivity contribution in [3.8, 4) is 0 Å². The standard InChI is InChI=1S/C14H22FNO2/c1-4-17-14(18-5-2)10-16-11(3)12-8-6-7-9-13(12)15/h6-9,11,14,16H,4-5,10H2,1-3H3. The molecule has 4 heteroatoms. The van der Waals surface area contributed by atoms with Crippen LogP contribution in [0.4, 0.5) is 4.39 Å². The Bertz CT molecular complexity index is 340. The van der Waals surface area contributed by atoms with Crippen molar-refractivity contribution < 1.29 is 13.9 Å². The summed E-state index contributed by atoms with van der Waals surface area (Å²) < 4.78 is 24.4. The third-order valence-corrected chi connectivity index (χ3v) is 2.67. The van der Waals surface area contributed by atoms with E-state index >= 15 is 0 Å². The van der Waals surface area contributed by atoms with Gasteiger partial charge in [-0.1, -0.05) is 18.2 Å². The van der Waals surface area contributed by atoms with E-state index in [0.29, 0.717) is 25.3 Å². The third kappa shape index (κ3) is 4.72. The van der Waals surface area contributed by atoms with Crippen LogP contribution in [-0.4, -0.2) is 26.0 Å². The van der Waals surface area contributed by atoms with Crippen molar-refractivity contribution in [3.05, 3.63) is 35.6 Å². The maximum atomic E-state index is 13.6. The van der Waals surface area contributed by atoms with Gasteiger partial charge in [-0.05, 0) is 26.8 Å². The minimum atomic E-state index is -0.283. The smallest absolute Gasteiger partial charge is 0.169 e. The van der Waals surface area contributed by atoms with Crippen LogP contribution in [-0.2, 0) is 9.47 Å². The minimum Gasteiger partial charge on any atom is -0.352 e. The highest BCUT2D eigenvalue weighted by Crippen LogP contribution is 2.15. The minimum absolute atomic E-state index is 0.0744. The Hall–Kier alpha value is -0.970. The lowest BCUT2D eigenvalue weighted by Gasteiger charge is -2.21. The van der Waals surface area contributed by atoms with Gasteiger partial charge in [0.2, 0.25) is 0 Å². The van der Waals surface area contributed by atoms with Crippen molar-refractivity contribution >= 4 is 0 Å². The summed E-state index contributed by atoms with van der Waals surface area (Å²) in [5.41, 5.74) is 0.657. The summed E-state index contributed by atoms with van der Waals surface area (Å²) in [7, 11) is 0. The Morgan fingerprint density at radius 3 is 2.33 bits per heavy atom. The molecule has 1 N–H and O–H groups in total. The number of halogens is 1. The van der Waals surface area contributed by atoms with Crippen LogP contribution in [0.15, 0.2) is 24.3 Å². The molecule has 0 fully saturated rings. The van der Waals surface area contributed by atoms with Crippen LogP contribution in [0.2, 0.25) is 0 Å². The quantitative estimate of drug-likeness (QED) is 0.725. The van der Waals surface area contributed by atoms with Gasteiger partial charge in [0.25, 0.3) is 0 Å². The number of hydrogen-bond acceptors (Lipinski definition) is 3. The van der Waals surface area contributed by atoms with E-state index < -0.39 is 0 Å². The molecule has 18 heavy (non-hydrogen) atoms. The average Bonchev–Trinajstić information content (AvgIpc) is 2.36. The highest BCUT2D eigenvalue weighted by atomic mass is 19.1. The fraction of sp³-hybridized carbons (Fsp3) is 0.571. The Morgan fingerprint density at radius 2 is 1.78 bits per heavy atom. The monoisotopic (exact) mass is 255 g/mol. The van der Waals surface area contributed by atoms with Gasteiger partial charge in [-0.3, -0.25) is 0 Å². The van der Waals surface area contributed by atoms with Crippen LogP contribution < -0.4 is 5.32 Å². The van der Waals surface area contributed by atoms with Crippen molar-refractivity contribution in [3.63, 3.8) is 0 Å². The molecule has 0 radical (unpaired) electrons. The first-order valence-corrected chi connectivity index (χ1v) is 6.40. The number of nitrogens with one attached hydrogen (secondary N) is 1. The molecule has 0 aromatic heterocycles. The van der Waals surface area contributed by atoms with Gasteiger partial charge in [0.1, 0.15) is 5.82 Å². The molecule has 0 bridgehead atoms. The fourth-order valence-corrected chi connectivity index (χ4v) is 1.75. The van der Waals surface area contributed by atoms with Crippen LogP contribution in [0.25, 0.3) is 0 Å². The normalized spacial score (nSPS) is 12.9. The molecule has 1 aromatic carbocycles. The molecule has 0 spiro atoms. The van der Waals surface area contributed by atoms with Gasteiger partial charge >= 0.3 is 0 Å². The van der Waals surface area contributed by atoms with Gasteiger partial charge in [-0.25, -0.2) is 4.39 Å². The highest BCUT2D eigenvalue weighted by molar-refractivity contribution is 5.20. The molecule has 3 nitrogen and oxygen atoms in total. The van der Waals surface area contributed by atoms with E-state index in [1.807, 2.05) is 26.8 Å². The molecule has 1 unspecified atom stereocenters. The molecule has 1 rings (SSSR count). The van der Waals surface area contributed by atoms with Gasteiger partial charge < -0.3 is 14.8 Å². The SMILES string of the molecule is CCOC(CNC(C)c1ccccc1F)OCC. The van der Waals surface area contributed by atoms with Crippen LogP contribution in [0, 0.1) is 5.82 Å². The zero-order chi connectivity index (χ0) is 13.4. The van der Waals surface area contributed by atoms with Crippen LogP contribution in [0.1, 0.15) is 32.4 Å². The first-order chi connectivity index (χ1) is 8.69. The predicted octanol–water partition coefficient (Wildman–Crippen LogP) is 2.88. The molecule has 0 aliphatic heterocycles. The van der Waals surface area contributed by atoms with Crippen molar-refractivity contribution in [1.29, 1.82) is 0 Å². The Labute approximate surface area is 108 Å². The number of ether oxygens (including phenoxy) is 2. The second kappa shape index (κ2) is 8.19. The van der Waals surface area contributed by atoms with E-state index in [1.165, 1.54) is 6.07 Å². The maximum absolute atomic E-state index is 13.6. The molecule has 0 aliphatic carbocycles. The number of hydrogen-bond donors (Lipinski definition) is 1. The molecule has 0 heterocycles. The summed E-state index contributed by atoms with van der Waals surface area (Å²) in [6.45, 7) is 7.50. The van der Waals surface area contributed by atoms with E-state index in [2.05, 4.69) is 5.32 Å². The molecule has 0 saturated carbocycles. The Balaban J connectivity index is 2.49. The number of rotatable bonds is 8. The van der Waals surface area contributed by atoms with Gasteiger partial charge in [-0.15, -0.1) is 0 Å². The maximum Gasteiger partial charge on any atom is 0.169 e. The number of benzene rings is 1. The molecule has 102 valence electrons. The van der Waals surface area contributed by atoms with Crippen molar-refractivity contribution in [1.82, 2.24) is 5.32 Å². The lowest BCUT2D eigenvalue weighted by atomic mass is 10.1. The summed E-state index contributed by atoms with van der Waals surface area (Å²) in [5, 5.41) is 3.22. The van der Waals surface area contributed by atoms with Crippen LogP contribution in [0.3, 0.4) is 0 Å². The van der Waals surface area contributed by atoms with E-state index in [9.17, 15) is 4.39 Å². The summed E-state index contributed by atoms with van der Waals surface area (Å²) in [6, 6.07) is 6.70. The molecule has 1 aromatic rings. The molecular weight excluding hydrogens is 233 g/mol. The second-order valence-electron chi connectivity index (χ2n) is 3.99. The van der Waals surface area contributed by atoms with Gasteiger partial charge in [0.15, 0.2) is 6.29 Å². The average molecular weight is 255 g/mol. The fourth-order valence-electron chi connectivity index (χ4n) is 1.75. The summed E-state index contributed by atoms with van der Waals surface area (Å²) in [5.74, 6) is -0.193. The molecule has 1 atom stereocenters. The van der Waals surface area contributed by atoms with Crippen LogP contribution >= 0.6 is 0 Å². The van der Waals surface area contributed by atoms with E-state index in [0.717, 1.165) is 0 Å². The van der Waals surface area contributed by atoms with Crippen molar-refractivity contribution in [2.24, 2.45) is 0 Å². The van der Waals surface area contributed by atoms with E-state index in [4.69, 9.17) is 9.47 Å². The van der Waals surface area contributed by atoms with Crippen molar-refractivity contribution in [2.45, 2.75) is 33.1 Å². The summed E-state index contributed by atoms with van der Waals surface area (Å²) in [6.07, 6.45) is -0.283. The van der Waals surface area contributed by atoms with Crippen LogP contribution in [0.5, 0.6) is 0 Å². The highest BCUT2D eigenvalue weighted by Gasteiger charge is 2.13. The summed E-state index contributed by atoms with van der Waals surface area (Å²) >= 11 is 0. The first-order valence-electron chi connectivity index (χ1n) is 6.40. The lowest BCUT2D eigenvalue weighted by molar-refractivity contribution is -0.133. The third-order valence-electron chi connectivity index (χ3n) is 2.67. The molecule has 0 saturated heterocycles.